The monoisotopic (exact) mass is 187 g/mol. The molecule has 1 aliphatic carbocycles. The van der Waals surface area contributed by atoms with E-state index in [2.05, 4.69) is 17.9 Å². The lowest BCUT2D eigenvalue weighted by molar-refractivity contribution is 0.212. The number of hydrogen-bond acceptors (Lipinski definition) is 1. The molecule has 1 rings (SSSR count). The van der Waals surface area contributed by atoms with Gasteiger partial charge in [-0.1, -0.05) is 25.2 Å². The van der Waals surface area contributed by atoms with Crippen LogP contribution in [0.25, 0.3) is 0 Å². The molecule has 0 spiro atoms. The van der Waals surface area contributed by atoms with Crippen molar-refractivity contribution in [1.82, 2.24) is 4.90 Å². The second kappa shape index (κ2) is 6.34. The summed E-state index contributed by atoms with van der Waals surface area (Å²) in [5, 5.41) is 0. The van der Waals surface area contributed by atoms with E-state index in [9.17, 15) is 0 Å². The molecule has 0 amide bonds. The van der Waals surface area contributed by atoms with Crippen LogP contribution in [0.3, 0.4) is 0 Å². The van der Waals surface area contributed by atoms with E-state index in [1.165, 1.54) is 32.1 Å². The molecule has 12 heavy (non-hydrogen) atoms. The second-order valence-corrected chi connectivity index (χ2v) is 3.41. The Morgan fingerprint density at radius 2 is 1.92 bits per heavy atom. The van der Waals surface area contributed by atoms with Crippen molar-refractivity contribution in [2.24, 2.45) is 0 Å². The highest BCUT2D eigenvalue weighted by atomic mass is 35.5. The van der Waals surface area contributed by atoms with Crippen molar-refractivity contribution in [1.29, 1.82) is 0 Å². The van der Waals surface area contributed by atoms with Gasteiger partial charge in [0.25, 0.3) is 0 Å². The lowest BCUT2D eigenvalue weighted by Crippen LogP contribution is -2.33. The van der Waals surface area contributed by atoms with Crippen molar-refractivity contribution in [3.63, 3.8) is 0 Å². The molecule has 0 aromatic heterocycles. The van der Waals surface area contributed by atoms with Crippen LogP contribution in [0.15, 0.2) is 0 Å². The molecule has 0 heterocycles. The molecular formula is C10H18ClN. The highest BCUT2D eigenvalue weighted by Gasteiger charge is 2.16. The maximum Gasteiger partial charge on any atom is 0.0598 e. The van der Waals surface area contributed by atoms with E-state index in [-0.39, 0.29) is 12.4 Å². The zero-order valence-electron chi connectivity index (χ0n) is 7.75. The molecule has 2 heteroatoms. The van der Waals surface area contributed by atoms with Crippen molar-refractivity contribution in [3.05, 3.63) is 0 Å². The number of halogens is 1. The van der Waals surface area contributed by atoms with E-state index < -0.39 is 0 Å². The SMILES string of the molecule is C#CCN(C)C1CCCCC1.Cl. The minimum atomic E-state index is 0. The number of rotatable bonds is 2. The predicted octanol–water partition coefficient (Wildman–Crippen LogP) is 2.31. The van der Waals surface area contributed by atoms with Crippen molar-refractivity contribution in [2.45, 2.75) is 38.1 Å². The van der Waals surface area contributed by atoms with Crippen molar-refractivity contribution in [2.75, 3.05) is 13.6 Å². The Balaban J connectivity index is 0.00000121. The summed E-state index contributed by atoms with van der Waals surface area (Å²) < 4.78 is 0. The molecular weight excluding hydrogens is 170 g/mol. The first-order valence-corrected chi connectivity index (χ1v) is 4.48. The largest absolute Gasteiger partial charge is 0.292 e. The maximum absolute atomic E-state index is 5.24. The zero-order chi connectivity index (χ0) is 8.10. The van der Waals surface area contributed by atoms with Gasteiger partial charge in [0.05, 0.1) is 6.54 Å². The summed E-state index contributed by atoms with van der Waals surface area (Å²) in [7, 11) is 2.13. The fourth-order valence-electron chi connectivity index (χ4n) is 1.79. The summed E-state index contributed by atoms with van der Waals surface area (Å²) in [6, 6.07) is 0.764. The fourth-order valence-corrected chi connectivity index (χ4v) is 1.79. The molecule has 1 fully saturated rings. The zero-order valence-corrected chi connectivity index (χ0v) is 8.57. The van der Waals surface area contributed by atoms with E-state index >= 15 is 0 Å². The predicted molar refractivity (Wildman–Crippen MR) is 55.6 cm³/mol. The van der Waals surface area contributed by atoms with E-state index in [0.717, 1.165) is 12.6 Å². The van der Waals surface area contributed by atoms with Gasteiger partial charge in [0.2, 0.25) is 0 Å². The van der Waals surface area contributed by atoms with E-state index in [1.807, 2.05) is 0 Å². The molecule has 0 aromatic carbocycles. The maximum atomic E-state index is 5.24. The molecule has 0 aromatic rings. The first-order valence-electron chi connectivity index (χ1n) is 4.48. The third-order valence-electron chi connectivity index (χ3n) is 2.54. The van der Waals surface area contributed by atoms with Crippen LogP contribution >= 0.6 is 12.4 Å². The van der Waals surface area contributed by atoms with Crippen molar-refractivity contribution >= 4 is 12.4 Å². The Labute approximate surface area is 81.9 Å². The second-order valence-electron chi connectivity index (χ2n) is 3.41. The topological polar surface area (TPSA) is 3.24 Å². The van der Waals surface area contributed by atoms with Crippen LogP contribution in [-0.4, -0.2) is 24.5 Å². The highest BCUT2D eigenvalue weighted by Crippen LogP contribution is 2.20. The number of nitrogens with zero attached hydrogens (tertiary/aromatic N) is 1. The van der Waals surface area contributed by atoms with Gasteiger partial charge in [-0.2, -0.15) is 0 Å². The van der Waals surface area contributed by atoms with Crippen LogP contribution in [0.2, 0.25) is 0 Å². The molecule has 1 saturated carbocycles. The Morgan fingerprint density at radius 1 is 1.33 bits per heavy atom. The third-order valence-corrected chi connectivity index (χ3v) is 2.54. The van der Waals surface area contributed by atoms with Crippen LogP contribution in [0.1, 0.15) is 32.1 Å². The highest BCUT2D eigenvalue weighted by molar-refractivity contribution is 5.85. The van der Waals surface area contributed by atoms with Crippen LogP contribution in [0.5, 0.6) is 0 Å². The molecule has 0 radical (unpaired) electrons. The van der Waals surface area contributed by atoms with Crippen LogP contribution in [0, 0.1) is 12.3 Å². The lowest BCUT2D eigenvalue weighted by atomic mass is 9.94. The molecule has 0 unspecified atom stereocenters. The third kappa shape index (κ3) is 3.47. The molecule has 1 nitrogen and oxygen atoms in total. The van der Waals surface area contributed by atoms with Gasteiger partial charge in [0.15, 0.2) is 0 Å². The first kappa shape index (κ1) is 11.8. The summed E-state index contributed by atoms with van der Waals surface area (Å²) in [6.45, 7) is 0.810. The first-order chi connectivity index (χ1) is 5.34. The average molecular weight is 188 g/mol. The molecule has 0 saturated heterocycles. The van der Waals surface area contributed by atoms with E-state index in [4.69, 9.17) is 6.42 Å². The van der Waals surface area contributed by atoms with Gasteiger partial charge < -0.3 is 0 Å². The molecule has 0 bridgehead atoms. The lowest BCUT2D eigenvalue weighted by Gasteiger charge is -2.29. The number of hydrogen-bond donors (Lipinski definition) is 0. The van der Waals surface area contributed by atoms with Crippen molar-refractivity contribution < 1.29 is 0 Å². The Hall–Kier alpha value is -0.190. The Morgan fingerprint density at radius 3 is 2.42 bits per heavy atom. The van der Waals surface area contributed by atoms with Gasteiger partial charge in [-0.3, -0.25) is 4.90 Å². The van der Waals surface area contributed by atoms with Gasteiger partial charge in [-0.15, -0.1) is 18.8 Å². The van der Waals surface area contributed by atoms with E-state index in [1.54, 1.807) is 0 Å². The summed E-state index contributed by atoms with van der Waals surface area (Å²) in [5.74, 6) is 2.69. The summed E-state index contributed by atoms with van der Waals surface area (Å²) in [4.78, 5) is 2.30. The summed E-state index contributed by atoms with van der Waals surface area (Å²) >= 11 is 0. The Bertz CT molecular complexity index is 144. The summed E-state index contributed by atoms with van der Waals surface area (Å²) in [5.41, 5.74) is 0. The minimum absolute atomic E-state index is 0. The smallest absolute Gasteiger partial charge is 0.0598 e. The fraction of sp³-hybridized carbons (Fsp3) is 0.800. The molecule has 0 aliphatic heterocycles. The Kier molecular flexibility index (Phi) is 6.24. The molecule has 0 N–H and O–H groups in total. The van der Waals surface area contributed by atoms with Gasteiger partial charge >= 0.3 is 0 Å². The summed E-state index contributed by atoms with van der Waals surface area (Å²) in [6.07, 6.45) is 12.1. The molecule has 70 valence electrons. The van der Waals surface area contributed by atoms with E-state index in [0.29, 0.717) is 0 Å². The molecule has 1 aliphatic rings. The van der Waals surface area contributed by atoms with Crippen LogP contribution in [-0.2, 0) is 0 Å². The van der Waals surface area contributed by atoms with Crippen LogP contribution < -0.4 is 0 Å². The van der Waals surface area contributed by atoms with Gasteiger partial charge in [-0.05, 0) is 19.9 Å². The van der Waals surface area contributed by atoms with Gasteiger partial charge in [-0.25, -0.2) is 0 Å². The van der Waals surface area contributed by atoms with Crippen LogP contribution in [0.4, 0.5) is 0 Å². The standard InChI is InChI=1S/C10H17N.ClH/c1-3-9-11(2)10-7-5-4-6-8-10;/h1,10H,4-9H2,2H3;1H. The van der Waals surface area contributed by atoms with Gasteiger partial charge in [0.1, 0.15) is 0 Å². The number of terminal acetylenes is 1. The normalized spacial score (nSPS) is 18.4. The van der Waals surface area contributed by atoms with Crippen molar-refractivity contribution in [3.8, 4) is 12.3 Å². The average Bonchev–Trinajstić information content (AvgIpc) is 2.07. The molecule has 0 atom stereocenters. The quantitative estimate of drug-likeness (QED) is 0.600. The van der Waals surface area contributed by atoms with Gasteiger partial charge in [0, 0.05) is 6.04 Å². The minimum Gasteiger partial charge on any atom is -0.292 e.